The van der Waals surface area contributed by atoms with Gasteiger partial charge in [-0.3, -0.25) is 4.79 Å². The molecule has 0 radical (unpaired) electrons. The first kappa shape index (κ1) is 14.9. The lowest BCUT2D eigenvalue weighted by molar-refractivity contribution is -0.155. The van der Waals surface area contributed by atoms with Gasteiger partial charge >= 0.3 is 5.97 Å². The van der Waals surface area contributed by atoms with E-state index in [0.29, 0.717) is 5.75 Å². The van der Waals surface area contributed by atoms with Crippen molar-refractivity contribution in [2.45, 2.75) is 13.0 Å². The molecule has 1 amide bonds. The van der Waals surface area contributed by atoms with Crippen molar-refractivity contribution < 1.29 is 23.5 Å². The summed E-state index contributed by atoms with van der Waals surface area (Å²) in [6, 6.07) is 12.9. The highest BCUT2D eigenvalue weighted by molar-refractivity contribution is 6.05. The maximum atomic E-state index is 11.6. The van der Waals surface area contributed by atoms with E-state index in [1.165, 1.54) is 6.92 Å². The summed E-state index contributed by atoms with van der Waals surface area (Å²) in [6.45, 7) is 1.10. The first-order valence-electron chi connectivity index (χ1n) is 7.07. The van der Waals surface area contributed by atoms with Crippen molar-refractivity contribution in [3.8, 4) is 5.75 Å². The van der Waals surface area contributed by atoms with E-state index in [2.05, 4.69) is 0 Å². The topological polar surface area (TPSA) is 91.8 Å². The lowest BCUT2D eigenvalue weighted by atomic mass is 10.1. The minimum absolute atomic E-state index is 0.307. The summed E-state index contributed by atoms with van der Waals surface area (Å²) in [5.74, 6) is -0.856. The predicted molar refractivity (Wildman–Crippen MR) is 84.0 cm³/mol. The van der Waals surface area contributed by atoms with E-state index in [-0.39, 0.29) is 6.61 Å². The van der Waals surface area contributed by atoms with Crippen molar-refractivity contribution in [3.05, 3.63) is 42.5 Å². The normalized spacial score (nSPS) is 12.2. The Bertz CT molecular complexity index is 883. The van der Waals surface area contributed by atoms with E-state index >= 15 is 0 Å². The van der Waals surface area contributed by atoms with Crippen LogP contribution in [0.2, 0.25) is 0 Å². The Labute approximate surface area is 131 Å². The van der Waals surface area contributed by atoms with E-state index in [1.54, 1.807) is 18.2 Å². The summed E-state index contributed by atoms with van der Waals surface area (Å²) in [6.07, 6.45) is -0.980. The van der Waals surface area contributed by atoms with Gasteiger partial charge in [0.1, 0.15) is 16.9 Å². The molecule has 23 heavy (non-hydrogen) atoms. The molecule has 0 fully saturated rings. The van der Waals surface area contributed by atoms with Crippen LogP contribution >= 0.6 is 0 Å². The average molecular weight is 313 g/mol. The fraction of sp³-hybridized carbons (Fsp3) is 0.176. The van der Waals surface area contributed by atoms with Crippen LogP contribution in [0, 0.1) is 0 Å². The van der Waals surface area contributed by atoms with Crippen molar-refractivity contribution in [1.82, 2.24) is 0 Å². The number of furan rings is 1. The highest BCUT2D eigenvalue weighted by atomic mass is 16.6. The zero-order chi connectivity index (χ0) is 16.4. The maximum Gasteiger partial charge on any atom is 0.344 e. The predicted octanol–water partition coefficient (Wildman–Crippen LogP) is 2.38. The van der Waals surface area contributed by atoms with Gasteiger partial charge in [-0.05, 0) is 31.2 Å². The van der Waals surface area contributed by atoms with Crippen LogP contribution < -0.4 is 10.5 Å². The van der Waals surface area contributed by atoms with Crippen LogP contribution in [0.1, 0.15) is 6.92 Å². The SMILES string of the molecule is C[C@@H](OC(=O)COc1ccc2oc3ccccc3c2c1)C(N)=O. The molecule has 0 spiro atoms. The molecule has 0 saturated carbocycles. The second kappa shape index (κ2) is 6.00. The molecule has 0 aliphatic heterocycles. The third-order valence-electron chi connectivity index (χ3n) is 3.41. The van der Waals surface area contributed by atoms with Crippen molar-refractivity contribution in [1.29, 1.82) is 0 Å². The second-order valence-electron chi connectivity index (χ2n) is 5.08. The number of esters is 1. The lowest BCUT2D eigenvalue weighted by Crippen LogP contribution is -2.32. The standard InChI is InChI=1S/C17H15NO5/c1-10(17(18)20)22-16(19)9-21-11-6-7-15-13(8-11)12-4-2-3-5-14(12)23-15/h2-8,10H,9H2,1H3,(H2,18,20)/t10-/m1/s1. The van der Waals surface area contributed by atoms with E-state index in [0.717, 1.165) is 21.9 Å². The maximum absolute atomic E-state index is 11.6. The number of hydrogen-bond donors (Lipinski definition) is 1. The quantitative estimate of drug-likeness (QED) is 0.730. The Morgan fingerprint density at radius 1 is 1.13 bits per heavy atom. The largest absolute Gasteiger partial charge is 0.482 e. The molecule has 0 aliphatic rings. The molecular weight excluding hydrogens is 298 g/mol. The summed E-state index contributed by atoms with van der Waals surface area (Å²) in [7, 11) is 0. The Kier molecular flexibility index (Phi) is 3.89. The summed E-state index contributed by atoms with van der Waals surface area (Å²) in [4.78, 5) is 22.4. The van der Waals surface area contributed by atoms with Crippen LogP contribution in [0.4, 0.5) is 0 Å². The number of carbonyl (C=O) groups is 2. The van der Waals surface area contributed by atoms with Gasteiger partial charge < -0.3 is 19.6 Å². The Morgan fingerprint density at radius 2 is 1.87 bits per heavy atom. The van der Waals surface area contributed by atoms with Crippen LogP contribution in [0.3, 0.4) is 0 Å². The summed E-state index contributed by atoms with van der Waals surface area (Å²) >= 11 is 0. The fourth-order valence-corrected chi connectivity index (χ4v) is 2.23. The summed E-state index contributed by atoms with van der Waals surface area (Å²) in [5, 5.41) is 1.87. The third-order valence-corrected chi connectivity index (χ3v) is 3.41. The molecule has 6 heteroatoms. The van der Waals surface area contributed by atoms with Crippen LogP contribution in [0.5, 0.6) is 5.75 Å². The van der Waals surface area contributed by atoms with Crippen molar-refractivity contribution in [3.63, 3.8) is 0 Å². The molecule has 0 saturated heterocycles. The van der Waals surface area contributed by atoms with Crippen LogP contribution in [0.15, 0.2) is 46.9 Å². The van der Waals surface area contributed by atoms with Gasteiger partial charge in [-0.2, -0.15) is 0 Å². The Morgan fingerprint density at radius 3 is 2.65 bits per heavy atom. The van der Waals surface area contributed by atoms with Gasteiger partial charge in [-0.15, -0.1) is 0 Å². The van der Waals surface area contributed by atoms with Gasteiger partial charge in [0.2, 0.25) is 0 Å². The van der Waals surface area contributed by atoms with Crippen LogP contribution in [0.25, 0.3) is 21.9 Å². The number of primary amides is 1. The van der Waals surface area contributed by atoms with E-state index in [1.807, 2.05) is 24.3 Å². The van der Waals surface area contributed by atoms with Crippen molar-refractivity contribution >= 4 is 33.8 Å². The van der Waals surface area contributed by atoms with E-state index < -0.39 is 18.0 Å². The zero-order valence-electron chi connectivity index (χ0n) is 12.4. The first-order chi connectivity index (χ1) is 11.0. The molecule has 118 valence electrons. The number of amides is 1. The molecule has 2 aromatic carbocycles. The molecule has 1 heterocycles. The number of fused-ring (bicyclic) bond motifs is 3. The molecule has 2 N–H and O–H groups in total. The average Bonchev–Trinajstić information content (AvgIpc) is 2.90. The van der Waals surface area contributed by atoms with Gasteiger partial charge in [-0.1, -0.05) is 18.2 Å². The molecule has 6 nitrogen and oxygen atoms in total. The first-order valence-corrected chi connectivity index (χ1v) is 7.07. The number of rotatable bonds is 5. The fourth-order valence-electron chi connectivity index (χ4n) is 2.23. The molecule has 0 unspecified atom stereocenters. The zero-order valence-corrected chi connectivity index (χ0v) is 12.4. The highest BCUT2D eigenvalue weighted by Crippen LogP contribution is 2.31. The van der Waals surface area contributed by atoms with Crippen molar-refractivity contribution in [2.24, 2.45) is 5.73 Å². The molecule has 3 aromatic rings. The molecule has 3 rings (SSSR count). The van der Waals surface area contributed by atoms with Gasteiger partial charge in [0.05, 0.1) is 0 Å². The van der Waals surface area contributed by atoms with E-state index in [9.17, 15) is 9.59 Å². The number of para-hydroxylation sites is 1. The van der Waals surface area contributed by atoms with Gasteiger partial charge in [-0.25, -0.2) is 4.79 Å². The number of carbonyl (C=O) groups excluding carboxylic acids is 2. The number of hydrogen-bond acceptors (Lipinski definition) is 5. The molecular formula is C17H15NO5. The number of nitrogens with two attached hydrogens (primary N) is 1. The van der Waals surface area contributed by atoms with Gasteiger partial charge in [0.25, 0.3) is 5.91 Å². The van der Waals surface area contributed by atoms with Gasteiger partial charge in [0.15, 0.2) is 12.7 Å². The molecule has 0 aliphatic carbocycles. The number of benzene rings is 2. The molecule has 1 aromatic heterocycles. The summed E-state index contributed by atoms with van der Waals surface area (Å²) in [5.41, 5.74) is 6.55. The smallest absolute Gasteiger partial charge is 0.344 e. The van der Waals surface area contributed by atoms with E-state index in [4.69, 9.17) is 19.6 Å². The number of ether oxygens (including phenoxy) is 2. The highest BCUT2D eigenvalue weighted by Gasteiger charge is 2.15. The minimum Gasteiger partial charge on any atom is -0.482 e. The van der Waals surface area contributed by atoms with Crippen LogP contribution in [-0.4, -0.2) is 24.6 Å². The van der Waals surface area contributed by atoms with Crippen molar-refractivity contribution in [2.75, 3.05) is 6.61 Å². The monoisotopic (exact) mass is 313 g/mol. The van der Waals surface area contributed by atoms with Crippen LogP contribution in [-0.2, 0) is 14.3 Å². The third kappa shape index (κ3) is 3.11. The summed E-state index contributed by atoms with van der Waals surface area (Å²) < 4.78 is 15.9. The molecule has 0 bridgehead atoms. The molecule has 1 atom stereocenters. The Hall–Kier alpha value is -3.02. The second-order valence-corrected chi connectivity index (χ2v) is 5.08. The Balaban J connectivity index is 1.75. The van der Waals surface area contributed by atoms with Gasteiger partial charge in [0, 0.05) is 10.8 Å². The lowest BCUT2D eigenvalue weighted by Gasteiger charge is -2.10. The minimum atomic E-state index is -0.980.